The minimum absolute atomic E-state index is 0.0846. The van der Waals surface area contributed by atoms with E-state index in [0.29, 0.717) is 11.1 Å². The van der Waals surface area contributed by atoms with Gasteiger partial charge in [0.15, 0.2) is 6.29 Å². The van der Waals surface area contributed by atoms with Gasteiger partial charge in [0.05, 0.1) is 36.0 Å². The Morgan fingerprint density at radius 2 is 1.36 bits per heavy atom. The average molecular weight is 549 g/mol. The summed E-state index contributed by atoms with van der Waals surface area (Å²) in [4.78, 5) is 13.5. The number of rotatable bonds is 4. The molecular formula is C27H32O12. The van der Waals surface area contributed by atoms with E-state index in [0.717, 1.165) is 0 Å². The van der Waals surface area contributed by atoms with Crippen LogP contribution in [0.5, 0.6) is 11.5 Å². The summed E-state index contributed by atoms with van der Waals surface area (Å²) in [5, 5.41) is 83.4. The lowest BCUT2D eigenvalue weighted by Crippen LogP contribution is -2.58. The molecule has 8 N–H and O–H groups in total. The molecule has 3 aliphatic rings. The van der Waals surface area contributed by atoms with Gasteiger partial charge in [0.1, 0.15) is 48.1 Å². The van der Waals surface area contributed by atoms with Crippen LogP contribution in [0.15, 0.2) is 30.3 Å². The zero-order valence-electron chi connectivity index (χ0n) is 21.2. The highest BCUT2D eigenvalue weighted by Gasteiger charge is 2.49. The van der Waals surface area contributed by atoms with Crippen molar-refractivity contribution >= 4 is 5.78 Å². The van der Waals surface area contributed by atoms with Crippen LogP contribution in [0.2, 0.25) is 0 Å². The molecule has 2 aliphatic heterocycles. The largest absolute Gasteiger partial charge is 0.507 e. The van der Waals surface area contributed by atoms with Crippen molar-refractivity contribution in [3.8, 4) is 11.5 Å². The standard InChI is InChI=1S/C27H32O12/c1-9-19(30)22(33)24(35)26(38-9)16-12-4-3-5-14(28)17(12)21(32)18-13(16)6-11(7-15(18)29)8-37-27-25(36)23(34)20(31)10(2)39-27/h3-7,9-10,16,19-20,22-31,33-36H,8H2,1-2H3/t9-,10-,16-,19-,20-,22+,23+,24+,25+,26-,27+/m0/s1. The quantitative estimate of drug-likeness (QED) is 0.231. The fourth-order valence-electron chi connectivity index (χ4n) is 5.68. The first kappa shape index (κ1) is 27.9. The third-order valence-electron chi connectivity index (χ3n) is 7.85. The average Bonchev–Trinajstić information content (AvgIpc) is 2.90. The van der Waals surface area contributed by atoms with Crippen LogP contribution in [0, 0.1) is 0 Å². The van der Waals surface area contributed by atoms with E-state index in [1.54, 1.807) is 6.07 Å². The normalized spacial score (nSPS) is 38.3. The van der Waals surface area contributed by atoms with E-state index in [2.05, 4.69) is 0 Å². The Labute approximate surface area is 223 Å². The number of phenols is 2. The maximum atomic E-state index is 13.5. The Balaban J connectivity index is 1.54. The topological polar surface area (TPSA) is 207 Å². The minimum atomic E-state index is -1.58. The van der Waals surface area contributed by atoms with E-state index in [1.165, 1.54) is 38.1 Å². The molecular weight excluding hydrogens is 516 g/mol. The summed E-state index contributed by atoms with van der Waals surface area (Å²) < 4.78 is 17.0. The Bertz CT molecular complexity index is 1250. The lowest BCUT2D eigenvalue weighted by atomic mass is 9.71. The second-order valence-corrected chi connectivity index (χ2v) is 10.4. The Hall–Kier alpha value is -2.65. The summed E-state index contributed by atoms with van der Waals surface area (Å²) in [5.74, 6) is -2.39. The number of aliphatic hydroxyl groups is 6. The number of carbonyl (C=O) groups excluding carboxylic acids is 1. The molecule has 2 aromatic rings. The van der Waals surface area contributed by atoms with Gasteiger partial charge in [0.2, 0.25) is 5.78 Å². The lowest BCUT2D eigenvalue weighted by Gasteiger charge is -2.44. The molecule has 0 spiro atoms. The molecule has 2 aromatic carbocycles. The first-order chi connectivity index (χ1) is 18.4. The fourth-order valence-corrected chi connectivity index (χ4v) is 5.68. The van der Waals surface area contributed by atoms with E-state index in [1.807, 2.05) is 0 Å². The molecule has 0 saturated carbocycles. The molecule has 2 fully saturated rings. The molecule has 0 amide bonds. The minimum Gasteiger partial charge on any atom is -0.507 e. The van der Waals surface area contributed by atoms with Crippen molar-refractivity contribution in [1.82, 2.24) is 0 Å². The summed E-state index contributed by atoms with van der Waals surface area (Å²) in [6, 6.07) is 7.20. The van der Waals surface area contributed by atoms with Crippen LogP contribution in [0.4, 0.5) is 0 Å². The summed E-state index contributed by atoms with van der Waals surface area (Å²) in [6.45, 7) is 2.78. The molecule has 0 bridgehead atoms. The monoisotopic (exact) mass is 548 g/mol. The summed E-state index contributed by atoms with van der Waals surface area (Å²) >= 11 is 0. The summed E-state index contributed by atoms with van der Waals surface area (Å²) in [6.07, 6.45) is -13.1. The highest BCUT2D eigenvalue weighted by molar-refractivity contribution is 6.16. The van der Waals surface area contributed by atoms with Crippen LogP contribution < -0.4 is 0 Å². The van der Waals surface area contributed by atoms with Gasteiger partial charge >= 0.3 is 0 Å². The number of ketones is 1. The highest BCUT2D eigenvalue weighted by atomic mass is 16.7. The number of fused-ring (bicyclic) bond motifs is 2. The van der Waals surface area contributed by atoms with Gasteiger partial charge < -0.3 is 55.1 Å². The van der Waals surface area contributed by atoms with Gasteiger partial charge in [0.25, 0.3) is 0 Å². The van der Waals surface area contributed by atoms with Crippen LogP contribution in [0.1, 0.15) is 52.4 Å². The SMILES string of the molecule is C[C@@H]1O[C@@H](OCc2cc(O)c3c(c2)[C@@H]([C@@H]2O[C@@H](C)[C@H](O)[C@@H](O)[C@H]2O)c2cccc(O)c2C3=O)[C@H](O)[C@H](O)[C@H]1O. The third kappa shape index (κ3) is 4.61. The zero-order valence-corrected chi connectivity index (χ0v) is 21.2. The van der Waals surface area contributed by atoms with Gasteiger partial charge in [-0.3, -0.25) is 4.79 Å². The molecule has 0 unspecified atom stereocenters. The van der Waals surface area contributed by atoms with Gasteiger partial charge in [-0.2, -0.15) is 0 Å². The highest BCUT2D eigenvalue weighted by Crippen LogP contribution is 2.47. The molecule has 2 saturated heterocycles. The maximum absolute atomic E-state index is 13.5. The molecule has 12 nitrogen and oxygen atoms in total. The number of phenolic OH excluding ortho intramolecular Hbond substituents is 2. The van der Waals surface area contributed by atoms with Gasteiger partial charge in [-0.1, -0.05) is 18.2 Å². The van der Waals surface area contributed by atoms with Crippen molar-refractivity contribution in [1.29, 1.82) is 0 Å². The first-order valence-corrected chi connectivity index (χ1v) is 12.7. The van der Waals surface area contributed by atoms with Crippen molar-refractivity contribution < 1.29 is 59.9 Å². The number of aliphatic hydroxyl groups excluding tert-OH is 6. The Morgan fingerprint density at radius 3 is 2.05 bits per heavy atom. The second kappa shape index (κ2) is 10.4. The molecule has 1 aliphatic carbocycles. The lowest BCUT2D eigenvalue weighted by molar-refractivity contribution is -0.296. The zero-order chi connectivity index (χ0) is 28.3. The number of ether oxygens (including phenoxy) is 3. The van der Waals surface area contributed by atoms with Crippen LogP contribution in [0.25, 0.3) is 0 Å². The summed E-state index contributed by atoms with van der Waals surface area (Å²) in [5.41, 5.74) is 0.629. The maximum Gasteiger partial charge on any atom is 0.201 e. The predicted octanol–water partition coefficient (Wildman–Crippen LogP) is -1.01. The smallest absolute Gasteiger partial charge is 0.201 e. The van der Waals surface area contributed by atoms with Crippen molar-refractivity contribution in [2.75, 3.05) is 0 Å². The fraction of sp³-hybridized carbons (Fsp3) is 0.519. The van der Waals surface area contributed by atoms with Crippen LogP contribution in [-0.2, 0) is 20.8 Å². The van der Waals surface area contributed by atoms with Crippen molar-refractivity contribution in [2.24, 2.45) is 0 Å². The van der Waals surface area contributed by atoms with E-state index in [-0.39, 0.29) is 29.0 Å². The third-order valence-corrected chi connectivity index (χ3v) is 7.85. The van der Waals surface area contributed by atoms with Crippen molar-refractivity contribution in [3.63, 3.8) is 0 Å². The van der Waals surface area contributed by atoms with E-state index >= 15 is 0 Å². The number of benzene rings is 2. The molecule has 39 heavy (non-hydrogen) atoms. The molecule has 12 heteroatoms. The molecule has 2 heterocycles. The Morgan fingerprint density at radius 1 is 0.744 bits per heavy atom. The number of hydrogen-bond donors (Lipinski definition) is 8. The molecule has 5 rings (SSSR count). The van der Waals surface area contributed by atoms with Gasteiger partial charge in [-0.05, 0) is 42.7 Å². The number of aromatic hydroxyl groups is 2. The van der Waals surface area contributed by atoms with E-state index in [9.17, 15) is 45.6 Å². The van der Waals surface area contributed by atoms with Crippen LogP contribution in [0.3, 0.4) is 0 Å². The summed E-state index contributed by atoms with van der Waals surface area (Å²) in [7, 11) is 0. The van der Waals surface area contributed by atoms with Gasteiger partial charge in [0, 0.05) is 5.92 Å². The Kier molecular flexibility index (Phi) is 7.44. The van der Waals surface area contributed by atoms with Crippen LogP contribution in [-0.4, -0.2) is 108 Å². The molecule has 0 aromatic heterocycles. The number of carbonyl (C=O) groups is 1. The van der Waals surface area contributed by atoms with E-state index < -0.39 is 78.7 Å². The van der Waals surface area contributed by atoms with Crippen molar-refractivity contribution in [2.45, 2.75) is 87.6 Å². The first-order valence-electron chi connectivity index (χ1n) is 12.7. The second-order valence-electron chi connectivity index (χ2n) is 10.4. The van der Waals surface area contributed by atoms with Gasteiger partial charge in [-0.15, -0.1) is 0 Å². The van der Waals surface area contributed by atoms with Gasteiger partial charge in [-0.25, -0.2) is 0 Å². The molecule has 11 atom stereocenters. The van der Waals surface area contributed by atoms with E-state index in [4.69, 9.17) is 14.2 Å². The van der Waals surface area contributed by atoms with Crippen molar-refractivity contribution in [3.05, 3.63) is 58.1 Å². The predicted molar refractivity (Wildman–Crippen MR) is 131 cm³/mol. The molecule has 0 radical (unpaired) electrons. The molecule has 212 valence electrons. The van der Waals surface area contributed by atoms with Crippen LogP contribution >= 0.6 is 0 Å². The number of hydrogen-bond acceptors (Lipinski definition) is 12.